The molecule has 0 bridgehead atoms. The van der Waals surface area contributed by atoms with E-state index < -0.39 is 8.56 Å². The molecule has 0 aliphatic heterocycles. The average Bonchev–Trinajstić information content (AvgIpc) is 2.34. The van der Waals surface area contributed by atoms with Crippen LogP contribution in [0.2, 0.25) is 12.1 Å². The maximum absolute atomic E-state index is 10.9. The Bertz CT molecular complexity index is 225. The number of carbonyl (C=O) groups is 1. The first-order valence-electron chi connectivity index (χ1n) is 6.21. The second kappa shape index (κ2) is 9.38. The third-order valence-corrected chi connectivity index (χ3v) is 6.29. The molecule has 4 nitrogen and oxygen atoms in total. The van der Waals surface area contributed by atoms with E-state index in [9.17, 15) is 4.79 Å². The van der Waals surface area contributed by atoms with E-state index in [2.05, 4.69) is 13.5 Å². The summed E-state index contributed by atoms with van der Waals surface area (Å²) in [4.78, 5) is 10.9. The van der Waals surface area contributed by atoms with Gasteiger partial charge in [0.25, 0.3) is 0 Å². The van der Waals surface area contributed by atoms with Gasteiger partial charge in [-0.3, -0.25) is 0 Å². The Morgan fingerprint density at radius 3 is 2.24 bits per heavy atom. The minimum atomic E-state index is -2.07. The normalized spacial score (nSPS) is 11.2. The topological polar surface area (TPSA) is 44.8 Å². The summed E-state index contributed by atoms with van der Waals surface area (Å²) in [5, 5.41) is 0. The predicted molar refractivity (Wildman–Crippen MR) is 70.1 cm³/mol. The predicted octanol–water partition coefficient (Wildman–Crippen LogP) is 2.64. The molecular formula is C12H24O4Si. The Hall–Kier alpha value is -0.653. The van der Waals surface area contributed by atoms with Crippen molar-refractivity contribution in [3.05, 3.63) is 12.7 Å². The van der Waals surface area contributed by atoms with Crippen LogP contribution >= 0.6 is 0 Å². The SMILES string of the molecule is C=CC(=O)OCCC[Si](CC)(OCC)OCC. The number of ether oxygens (including phenoxy) is 1. The quantitative estimate of drug-likeness (QED) is 0.262. The number of esters is 1. The molecule has 0 aromatic rings. The lowest BCUT2D eigenvalue weighted by molar-refractivity contribution is -0.137. The van der Waals surface area contributed by atoms with Crippen molar-refractivity contribution in [2.24, 2.45) is 0 Å². The van der Waals surface area contributed by atoms with Crippen LogP contribution in [0.15, 0.2) is 12.7 Å². The van der Waals surface area contributed by atoms with Crippen molar-refractivity contribution < 1.29 is 18.4 Å². The van der Waals surface area contributed by atoms with Crippen molar-refractivity contribution in [1.29, 1.82) is 0 Å². The molecule has 17 heavy (non-hydrogen) atoms. The highest BCUT2D eigenvalue weighted by atomic mass is 28.4. The van der Waals surface area contributed by atoms with Crippen molar-refractivity contribution in [3.8, 4) is 0 Å². The molecule has 100 valence electrons. The zero-order valence-electron chi connectivity index (χ0n) is 11.2. The largest absolute Gasteiger partial charge is 0.463 e. The maximum atomic E-state index is 10.9. The van der Waals surface area contributed by atoms with Crippen molar-refractivity contribution in [2.45, 2.75) is 39.3 Å². The van der Waals surface area contributed by atoms with Gasteiger partial charge in [0.05, 0.1) is 6.61 Å². The Morgan fingerprint density at radius 2 is 1.82 bits per heavy atom. The summed E-state index contributed by atoms with van der Waals surface area (Å²) >= 11 is 0. The lowest BCUT2D eigenvalue weighted by Crippen LogP contribution is -2.41. The number of hydrogen-bond donors (Lipinski definition) is 0. The van der Waals surface area contributed by atoms with E-state index >= 15 is 0 Å². The monoisotopic (exact) mass is 260 g/mol. The van der Waals surface area contributed by atoms with Crippen LogP contribution in [0.5, 0.6) is 0 Å². The highest BCUT2D eigenvalue weighted by Crippen LogP contribution is 2.20. The first-order chi connectivity index (χ1) is 8.14. The summed E-state index contributed by atoms with van der Waals surface area (Å²) < 4.78 is 16.6. The number of rotatable bonds is 10. The summed E-state index contributed by atoms with van der Waals surface area (Å²) in [6, 6.07) is 1.78. The maximum Gasteiger partial charge on any atom is 0.337 e. The molecule has 0 radical (unpaired) electrons. The van der Waals surface area contributed by atoms with E-state index in [-0.39, 0.29) is 5.97 Å². The van der Waals surface area contributed by atoms with Crippen LogP contribution in [0, 0.1) is 0 Å². The molecule has 0 amide bonds. The van der Waals surface area contributed by atoms with Crippen molar-refractivity contribution >= 4 is 14.5 Å². The third kappa shape index (κ3) is 6.60. The zero-order chi connectivity index (χ0) is 13.1. The van der Waals surface area contributed by atoms with E-state index in [4.69, 9.17) is 13.6 Å². The summed E-state index contributed by atoms with van der Waals surface area (Å²) in [6.07, 6.45) is 1.95. The molecule has 0 aliphatic rings. The van der Waals surface area contributed by atoms with E-state index in [1.807, 2.05) is 13.8 Å². The minimum Gasteiger partial charge on any atom is -0.463 e. The zero-order valence-corrected chi connectivity index (χ0v) is 12.2. The van der Waals surface area contributed by atoms with Crippen LogP contribution in [0.25, 0.3) is 0 Å². The molecule has 0 aromatic carbocycles. The number of carbonyl (C=O) groups excluding carboxylic acids is 1. The molecule has 0 aromatic heterocycles. The molecule has 0 rings (SSSR count). The van der Waals surface area contributed by atoms with Gasteiger partial charge < -0.3 is 13.6 Å². The van der Waals surface area contributed by atoms with Crippen molar-refractivity contribution in [1.82, 2.24) is 0 Å². The summed E-state index contributed by atoms with van der Waals surface area (Å²) in [5.74, 6) is -0.374. The molecule has 0 aliphatic carbocycles. The Morgan fingerprint density at radius 1 is 1.24 bits per heavy atom. The van der Waals surface area contributed by atoms with Crippen LogP contribution in [0.3, 0.4) is 0 Å². The molecular weight excluding hydrogens is 236 g/mol. The molecule has 0 heterocycles. The van der Waals surface area contributed by atoms with E-state index in [0.717, 1.165) is 18.5 Å². The van der Waals surface area contributed by atoms with Gasteiger partial charge in [0.15, 0.2) is 0 Å². The van der Waals surface area contributed by atoms with E-state index in [1.165, 1.54) is 6.08 Å². The lowest BCUT2D eigenvalue weighted by Gasteiger charge is -2.28. The molecule has 5 heteroatoms. The standard InChI is InChI=1S/C12H24O4Si/c1-5-12(13)14-10-9-11-17(8-4,15-6-2)16-7-3/h5H,1,6-11H2,2-4H3. The summed E-state index contributed by atoms with van der Waals surface area (Å²) in [5.41, 5.74) is 0. The van der Waals surface area contributed by atoms with Gasteiger partial charge >= 0.3 is 14.5 Å². The Balaban J connectivity index is 4.06. The van der Waals surface area contributed by atoms with Gasteiger partial charge in [-0.1, -0.05) is 13.5 Å². The van der Waals surface area contributed by atoms with Crippen molar-refractivity contribution in [3.63, 3.8) is 0 Å². The van der Waals surface area contributed by atoms with E-state index in [0.29, 0.717) is 19.8 Å². The molecule has 0 unspecified atom stereocenters. The second-order valence-corrected chi connectivity index (χ2v) is 7.21. The fourth-order valence-corrected chi connectivity index (χ4v) is 4.54. The molecule has 0 N–H and O–H groups in total. The van der Waals surface area contributed by atoms with Gasteiger partial charge in [-0.05, 0) is 32.4 Å². The van der Waals surface area contributed by atoms with Crippen molar-refractivity contribution in [2.75, 3.05) is 19.8 Å². The lowest BCUT2D eigenvalue weighted by atomic mass is 10.5. The van der Waals surface area contributed by atoms with Crippen LogP contribution in [0.4, 0.5) is 0 Å². The highest BCUT2D eigenvalue weighted by molar-refractivity contribution is 6.67. The molecule has 0 fully saturated rings. The molecule has 0 spiro atoms. The van der Waals surface area contributed by atoms with Crippen LogP contribution in [-0.4, -0.2) is 34.4 Å². The van der Waals surface area contributed by atoms with Gasteiger partial charge in [0.1, 0.15) is 0 Å². The van der Waals surface area contributed by atoms with Crippen LogP contribution in [-0.2, 0) is 18.4 Å². The van der Waals surface area contributed by atoms with Gasteiger partial charge in [-0.25, -0.2) is 4.79 Å². The highest BCUT2D eigenvalue weighted by Gasteiger charge is 2.34. The van der Waals surface area contributed by atoms with Gasteiger partial charge in [-0.15, -0.1) is 0 Å². The Labute approximate surface area is 105 Å². The molecule has 0 atom stereocenters. The van der Waals surface area contributed by atoms with Gasteiger partial charge in [0.2, 0.25) is 0 Å². The fourth-order valence-electron chi connectivity index (χ4n) is 1.67. The first kappa shape index (κ1) is 16.3. The van der Waals surface area contributed by atoms with Crippen LogP contribution < -0.4 is 0 Å². The summed E-state index contributed by atoms with van der Waals surface area (Å²) in [6.45, 7) is 11.1. The van der Waals surface area contributed by atoms with Gasteiger partial charge in [-0.2, -0.15) is 0 Å². The minimum absolute atomic E-state index is 0.374. The average molecular weight is 260 g/mol. The first-order valence-corrected chi connectivity index (χ1v) is 8.44. The summed E-state index contributed by atoms with van der Waals surface area (Å²) in [7, 11) is -2.07. The third-order valence-electron chi connectivity index (χ3n) is 2.47. The molecule has 0 saturated carbocycles. The molecule has 0 saturated heterocycles. The van der Waals surface area contributed by atoms with E-state index in [1.54, 1.807) is 0 Å². The Kier molecular flexibility index (Phi) is 9.02. The number of hydrogen-bond acceptors (Lipinski definition) is 4. The fraction of sp³-hybridized carbons (Fsp3) is 0.750. The van der Waals surface area contributed by atoms with Gasteiger partial charge in [0, 0.05) is 19.3 Å². The second-order valence-electron chi connectivity index (χ2n) is 3.61. The smallest absolute Gasteiger partial charge is 0.337 e. The van der Waals surface area contributed by atoms with Crippen LogP contribution in [0.1, 0.15) is 27.2 Å².